The standard InChI is InChI=1S/C17H18F2N2O2.C17H19F2NO4.C2H6O.Na.H2O/c1-16(2,3)23-15(22)21-9-17(7-13(17)14(21)8-20)10-4-11(18)6-12(19)5-10;1-16(2,3)24-15(23)20-8-17(7-12(17)13(20)14(21)22)9-4-10(18)6-11(19)5-9;1-2-3;;/h4-6,13-14H,7,9H2,1-3H3;4-6,12-13H,7-8H2,1-3H3,(H,21,22);3H,2H2,1H3;;1H2/q;;;+1;/p-1. The van der Waals surface area contributed by atoms with E-state index in [9.17, 15) is 42.3 Å². The summed E-state index contributed by atoms with van der Waals surface area (Å²) in [5.74, 6) is -4.35. The Labute approximate surface area is 322 Å². The quantitative estimate of drug-likeness (QED) is 0.354. The molecule has 0 bridgehead atoms. The van der Waals surface area contributed by atoms with Crippen molar-refractivity contribution in [3.8, 4) is 6.07 Å². The Bertz CT molecular complexity index is 1660. The number of nitrogens with zero attached hydrogens (tertiary/aromatic N) is 3. The van der Waals surface area contributed by atoms with Crippen molar-refractivity contribution in [3.63, 3.8) is 0 Å². The fourth-order valence-corrected chi connectivity index (χ4v) is 7.09. The zero-order chi connectivity index (χ0) is 37.6. The van der Waals surface area contributed by atoms with Crippen molar-refractivity contribution in [2.75, 3.05) is 19.7 Å². The van der Waals surface area contributed by atoms with E-state index >= 15 is 0 Å². The van der Waals surface area contributed by atoms with Gasteiger partial charge in [-0.1, -0.05) is 0 Å². The van der Waals surface area contributed by atoms with Crippen LogP contribution in [0.1, 0.15) is 72.4 Å². The van der Waals surface area contributed by atoms with Crippen LogP contribution in [-0.4, -0.2) is 86.6 Å². The molecule has 0 radical (unpaired) electrons. The molecule has 6 atom stereocenters. The summed E-state index contributed by atoms with van der Waals surface area (Å²) in [6.45, 7) is 12.6. The minimum absolute atomic E-state index is 0. The molecule has 2 aliphatic carbocycles. The van der Waals surface area contributed by atoms with E-state index in [1.807, 2.05) is 0 Å². The van der Waals surface area contributed by atoms with E-state index < -0.39 is 75.5 Å². The Balaban J connectivity index is 0.000000324. The summed E-state index contributed by atoms with van der Waals surface area (Å²) in [6, 6.07) is 7.04. The predicted molar refractivity (Wildman–Crippen MR) is 174 cm³/mol. The molecule has 3 N–H and O–H groups in total. The molecule has 4 fully saturated rings. The SMILES string of the molecule is CC(C)(C)OC(=O)N1CC2(c3cc(F)cc(F)c3)CC2C1C#N.CC(C)(C)OC(=O)N1CC2(c3cc(F)cc(F)c3)CC2C1C(=O)O.CCO.[Na+].[OH-]. The summed E-state index contributed by atoms with van der Waals surface area (Å²) in [4.78, 5) is 38.8. The fraction of sp³-hybridized carbons (Fsp3) is 0.556. The number of likely N-dealkylation sites (tertiary alicyclic amines) is 2. The van der Waals surface area contributed by atoms with Crippen molar-refractivity contribution in [2.45, 2.75) is 95.4 Å². The number of fused-ring (bicyclic) bond motifs is 2. The summed E-state index contributed by atoms with van der Waals surface area (Å²) in [5.41, 5.74) is -1.79. The van der Waals surface area contributed by atoms with Crippen LogP contribution in [0.4, 0.5) is 27.2 Å². The Morgan fingerprint density at radius 1 is 0.788 bits per heavy atom. The Morgan fingerprint density at radius 2 is 1.13 bits per heavy atom. The Morgan fingerprint density at radius 3 is 1.50 bits per heavy atom. The van der Waals surface area contributed by atoms with Gasteiger partial charge in [0.1, 0.15) is 46.6 Å². The maximum Gasteiger partial charge on any atom is 1.00 e. The van der Waals surface area contributed by atoms with Gasteiger partial charge in [0.2, 0.25) is 0 Å². The Kier molecular flexibility index (Phi) is 14.0. The molecule has 280 valence electrons. The van der Waals surface area contributed by atoms with Gasteiger partial charge in [0, 0.05) is 54.5 Å². The van der Waals surface area contributed by atoms with Gasteiger partial charge < -0.3 is 25.2 Å². The van der Waals surface area contributed by atoms with E-state index in [2.05, 4.69) is 6.07 Å². The molecule has 2 aromatic carbocycles. The van der Waals surface area contributed by atoms with Crippen LogP contribution in [0.5, 0.6) is 0 Å². The minimum atomic E-state index is -1.14. The number of amides is 2. The molecule has 0 aromatic heterocycles. The third-order valence-corrected chi connectivity index (χ3v) is 9.12. The number of aliphatic hydroxyl groups is 1. The number of hydrogen-bond donors (Lipinski definition) is 2. The van der Waals surface area contributed by atoms with Gasteiger partial charge in [-0.3, -0.25) is 9.80 Å². The van der Waals surface area contributed by atoms with Crippen LogP contribution in [-0.2, 0) is 25.1 Å². The number of hydrogen-bond acceptors (Lipinski definition) is 8. The van der Waals surface area contributed by atoms with Gasteiger partial charge in [-0.2, -0.15) is 5.26 Å². The van der Waals surface area contributed by atoms with E-state index in [4.69, 9.17) is 14.6 Å². The van der Waals surface area contributed by atoms with E-state index in [0.29, 0.717) is 24.0 Å². The number of carboxylic acid groups (broad SMARTS) is 1. The van der Waals surface area contributed by atoms with Crippen LogP contribution in [0.2, 0.25) is 0 Å². The number of ether oxygens (including phenoxy) is 2. The molecule has 2 aromatic rings. The number of carbonyl (C=O) groups is 3. The minimum Gasteiger partial charge on any atom is -0.870 e. The van der Waals surface area contributed by atoms with Crippen molar-refractivity contribution in [1.82, 2.24) is 9.80 Å². The van der Waals surface area contributed by atoms with Crippen molar-refractivity contribution >= 4 is 18.2 Å². The van der Waals surface area contributed by atoms with Gasteiger partial charge in [0.15, 0.2) is 0 Å². The number of carbonyl (C=O) groups excluding carboxylic acids is 2. The first-order valence-corrected chi connectivity index (χ1v) is 16.3. The zero-order valence-electron chi connectivity index (χ0n) is 30.5. The molecule has 52 heavy (non-hydrogen) atoms. The molecule has 2 saturated heterocycles. The summed E-state index contributed by atoms with van der Waals surface area (Å²) in [7, 11) is 0. The molecule has 11 nitrogen and oxygen atoms in total. The van der Waals surface area contributed by atoms with Crippen LogP contribution in [0.3, 0.4) is 0 Å². The smallest absolute Gasteiger partial charge is 0.870 e. The fourth-order valence-electron chi connectivity index (χ4n) is 7.09. The third kappa shape index (κ3) is 9.57. The van der Waals surface area contributed by atoms with Gasteiger partial charge in [-0.25, -0.2) is 31.9 Å². The van der Waals surface area contributed by atoms with Crippen LogP contribution < -0.4 is 29.6 Å². The molecule has 2 amide bonds. The second-order valence-corrected chi connectivity index (χ2v) is 15.1. The molecule has 6 rings (SSSR count). The van der Waals surface area contributed by atoms with Crippen LogP contribution in [0, 0.1) is 46.4 Å². The number of aliphatic hydroxyl groups excluding tert-OH is 1. The molecule has 2 aliphatic heterocycles. The number of carboxylic acids is 1. The number of benzene rings is 2. The molecule has 16 heteroatoms. The third-order valence-electron chi connectivity index (χ3n) is 9.12. The van der Waals surface area contributed by atoms with E-state index in [1.165, 1.54) is 29.2 Å². The first-order valence-electron chi connectivity index (χ1n) is 16.3. The summed E-state index contributed by atoms with van der Waals surface area (Å²) in [5, 5.41) is 26.5. The largest absolute Gasteiger partial charge is 1.00 e. The molecule has 2 saturated carbocycles. The van der Waals surface area contributed by atoms with E-state index in [0.717, 1.165) is 17.0 Å². The number of piperidine rings is 2. The number of nitriles is 1. The van der Waals surface area contributed by atoms with Gasteiger partial charge in [-0.15, -0.1) is 0 Å². The van der Waals surface area contributed by atoms with E-state index in [1.54, 1.807) is 48.5 Å². The topological polar surface area (TPSA) is 170 Å². The zero-order valence-corrected chi connectivity index (χ0v) is 32.5. The van der Waals surface area contributed by atoms with Gasteiger partial charge in [0.25, 0.3) is 0 Å². The summed E-state index contributed by atoms with van der Waals surface area (Å²) in [6.07, 6.45) is -0.162. The molecule has 4 aliphatic rings. The van der Waals surface area contributed by atoms with Crippen molar-refractivity contribution in [1.29, 1.82) is 5.26 Å². The van der Waals surface area contributed by atoms with Crippen molar-refractivity contribution in [3.05, 3.63) is 70.8 Å². The maximum atomic E-state index is 13.5. The summed E-state index contributed by atoms with van der Waals surface area (Å²) < 4.78 is 64.7. The Hall–Kier alpha value is -3.42. The predicted octanol–water partition coefficient (Wildman–Crippen LogP) is 3.12. The molecular weight excluding hydrogens is 701 g/mol. The van der Waals surface area contributed by atoms with Gasteiger partial charge >= 0.3 is 47.7 Å². The molecule has 2 heterocycles. The van der Waals surface area contributed by atoms with Crippen molar-refractivity contribution in [2.24, 2.45) is 11.8 Å². The second kappa shape index (κ2) is 16.3. The van der Waals surface area contributed by atoms with Crippen LogP contribution >= 0.6 is 0 Å². The average molecular weight is 746 g/mol. The average Bonchev–Trinajstić information content (AvgIpc) is 3.80. The second-order valence-electron chi connectivity index (χ2n) is 15.1. The number of rotatable bonds is 3. The number of aliphatic carboxylic acids is 1. The number of halogens is 4. The van der Waals surface area contributed by atoms with E-state index in [-0.39, 0.29) is 66.6 Å². The van der Waals surface area contributed by atoms with Gasteiger partial charge in [0.05, 0.1) is 6.07 Å². The van der Waals surface area contributed by atoms with Crippen molar-refractivity contribution < 1.29 is 86.7 Å². The van der Waals surface area contributed by atoms with Crippen LogP contribution in [0.25, 0.3) is 0 Å². The van der Waals surface area contributed by atoms with Crippen LogP contribution in [0.15, 0.2) is 36.4 Å². The normalized spacial score (nSPS) is 26.3. The first kappa shape index (κ1) is 44.7. The summed E-state index contributed by atoms with van der Waals surface area (Å²) >= 11 is 0. The van der Waals surface area contributed by atoms with Gasteiger partial charge in [-0.05, 0) is 96.7 Å². The maximum absolute atomic E-state index is 13.5. The molecule has 6 unspecified atom stereocenters. The molecule has 0 spiro atoms. The first-order chi connectivity index (χ1) is 23.1. The monoisotopic (exact) mass is 745 g/mol. The molecular formula is C36H44F4N3NaO8.